The molecule has 1 aromatic heterocycles. The van der Waals surface area contributed by atoms with E-state index in [-0.39, 0.29) is 17.5 Å². The van der Waals surface area contributed by atoms with Gasteiger partial charge in [-0.25, -0.2) is 0 Å². The van der Waals surface area contributed by atoms with Gasteiger partial charge in [0.15, 0.2) is 11.5 Å². The monoisotopic (exact) mass is 354 g/mol. The number of nitrogens with two attached hydrogens (primary N) is 4. The first-order chi connectivity index (χ1) is 12.5. The molecule has 0 aliphatic heterocycles. The first kappa shape index (κ1) is 17.0. The minimum Gasteiger partial charge on any atom is -0.487 e. The zero-order chi connectivity index (χ0) is 18.7. The molecule has 3 aromatic rings. The molecule has 0 saturated carbocycles. The summed E-state index contributed by atoms with van der Waals surface area (Å²) in [4.78, 5) is 8.14. The number of rotatable bonds is 5. The summed E-state index contributed by atoms with van der Waals surface area (Å²) in [5, 5.41) is 0. The van der Waals surface area contributed by atoms with E-state index < -0.39 is 0 Å². The highest BCUT2D eigenvalue weighted by atomic mass is 16.5. The Labute approximate surface area is 149 Å². The van der Waals surface area contributed by atoms with E-state index in [2.05, 4.69) is 9.97 Å². The van der Waals surface area contributed by atoms with Crippen molar-refractivity contribution in [3.05, 3.63) is 42.7 Å². The first-order valence-corrected chi connectivity index (χ1v) is 7.52. The van der Waals surface area contributed by atoms with Crippen molar-refractivity contribution in [2.45, 2.75) is 0 Å². The lowest BCUT2D eigenvalue weighted by molar-refractivity contribution is 0.338. The first-order valence-electron chi connectivity index (χ1n) is 7.52. The summed E-state index contributed by atoms with van der Waals surface area (Å²) in [5.41, 5.74) is 24.9. The van der Waals surface area contributed by atoms with Crippen LogP contribution in [0.3, 0.4) is 0 Å². The second-order valence-electron chi connectivity index (χ2n) is 5.32. The molecule has 26 heavy (non-hydrogen) atoms. The fourth-order valence-corrected chi connectivity index (χ4v) is 2.19. The Balaban J connectivity index is 1.94. The second kappa shape index (κ2) is 6.93. The van der Waals surface area contributed by atoms with Gasteiger partial charge in [-0.15, -0.1) is 0 Å². The molecule has 0 radical (unpaired) electrons. The molecule has 1 heterocycles. The van der Waals surface area contributed by atoms with Crippen molar-refractivity contribution in [1.82, 2.24) is 9.97 Å². The molecule has 0 spiro atoms. The summed E-state index contributed by atoms with van der Waals surface area (Å²) < 4.78 is 16.8. The normalized spacial score (nSPS) is 10.3. The molecule has 0 aliphatic carbocycles. The van der Waals surface area contributed by atoms with Gasteiger partial charge in [-0.2, -0.15) is 9.97 Å². The van der Waals surface area contributed by atoms with Crippen LogP contribution < -0.4 is 37.1 Å². The predicted molar refractivity (Wildman–Crippen MR) is 99.3 cm³/mol. The minimum absolute atomic E-state index is 0.128. The average molecular weight is 354 g/mol. The van der Waals surface area contributed by atoms with Crippen molar-refractivity contribution >= 4 is 22.7 Å². The fourth-order valence-electron chi connectivity index (χ4n) is 2.19. The Morgan fingerprint density at radius 2 is 1.19 bits per heavy atom. The Morgan fingerprint density at radius 3 is 1.58 bits per heavy atom. The number of methoxy groups -OCH3 is 1. The molecular formula is C17H18N6O3. The molecule has 0 aliphatic rings. The van der Waals surface area contributed by atoms with Gasteiger partial charge < -0.3 is 37.1 Å². The van der Waals surface area contributed by atoms with Crippen molar-refractivity contribution in [3.63, 3.8) is 0 Å². The number of aromatic nitrogens is 2. The van der Waals surface area contributed by atoms with Crippen LogP contribution in [-0.2, 0) is 0 Å². The lowest BCUT2D eigenvalue weighted by Gasteiger charge is -2.14. The van der Waals surface area contributed by atoms with Crippen LogP contribution in [-0.4, -0.2) is 17.1 Å². The molecular weight excluding hydrogens is 336 g/mol. The van der Waals surface area contributed by atoms with Crippen LogP contribution in [0.5, 0.6) is 29.0 Å². The van der Waals surface area contributed by atoms with Gasteiger partial charge in [0, 0.05) is 11.4 Å². The zero-order valence-corrected chi connectivity index (χ0v) is 14.0. The summed E-state index contributed by atoms with van der Waals surface area (Å²) in [6, 6.07) is 9.73. The highest BCUT2D eigenvalue weighted by Gasteiger charge is 2.18. The Morgan fingerprint density at radius 1 is 0.731 bits per heavy atom. The summed E-state index contributed by atoms with van der Waals surface area (Å²) in [6.45, 7) is 0. The van der Waals surface area contributed by atoms with Gasteiger partial charge in [-0.3, -0.25) is 0 Å². The molecule has 8 N–H and O–H groups in total. The maximum Gasteiger partial charge on any atom is 0.269 e. The highest BCUT2D eigenvalue weighted by molar-refractivity contribution is 5.63. The quantitative estimate of drug-likeness (QED) is 0.505. The Kier molecular flexibility index (Phi) is 4.52. The lowest BCUT2D eigenvalue weighted by Crippen LogP contribution is -2.01. The van der Waals surface area contributed by atoms with Crippen molar-refractivity contribution in [2.75, 3.05) is 30.0 Å². The molecule has 0 bridgehead atoms. The van der Waals surface area contributed by atoms with Crippen molar-refractivity contribution in [1.29, 1.82) is 0 Å². The van der Waals surface area contributed by atoms with Gasteiger partial charge in [0.1, 0.15) is 6.33 Å². The summed E-state index contributed by atoms with van der Waals surface area (Å²) in [6.07, 6.45) is 1.27. The van der Waals surface area contributed by atoms with Gasteiger partial charge in [-0.05, 0) is 36.4 Å². The van der Waals surface area contributed by atoms with Crippen molar-refractivity contribution in [2.24, 2.45) is 0 Å². The molecule has 9 nitrogen and oxygen atoms in total. The van der Waals surface area contributed by atoms with Crippen LogP contribution in [0.2, 0.25) is 0 Å². The predicted octanol–water partition coefficient (Wildman–Crippen LogP) is 2.40. The smallest absolute Gasteiger partial charge is 0.269 e. The maximum atomic E-state index is 5.91. The van der Waals surface area contributed by atoms with E-state index in [0.717, 1.165) is 0 Å². The van der Waals surface area contributed by atoms with E-state index in [0.29, 0.717) is 34.2 Å². The molecule has 0 unspecified atom stereocenters. The van der Waals surface area contributed by atoms with Crippen LogP contribution in [0.15, 0.2) is 42.7 Å². The van der Waals surface area contributed by atoms with Crippen LogP contribution in [0.4, 0.5) is 22.7 Å². The Hall–Kier alpha value is -3.88. The number of ether oxygens (including phenoxy) is 3. The molecule has 134 valence electrons. The van der Waals surface area contributed by atoms with Gasteiger partial charge in [0.05, 0.1) is 18.5 Å². The number of hydrogen-bond acceptors (Lipinski definition) is 9. The topological polar surface area (TPSA) is 158 Å². The van der Waals surface area contributed by atoms with Gasteiger partial charge in [0.25, 0.3) is 11.8 Å². The molecule has 2 aromatic carbocycles. The largest absolute Gasteiger partial charge is 0.487 e. The Bertz CT molecular complexity index is 876. The van der Waals surface area contributed by atoms with Gasteiger partial charge in [-0.1, -0.05) is 0 Å². The molecule has 0 atom stereocenters. The van der Waals surface area contributed by atoms with E-state index >= 15 is 0 Å². The second-order valence-corrected chi connectivity index (χ2v) is 5.32. The summed E-state index contributed by atoms with van der Waals surface area (Å²) in [5.74, 6) is 1.18. The minimum atomic E-state index is 0.128. The zero-order valence-electron chi connectivity index (χ0n) is 14.0. The van der Waals surface area contributed by atoms with Gasteiger partial charge >= 0.3 is 0 Å². The van der Waals surface area contributed by atoms with Crippen LogP contribution >= 0.6 is 0 Å². The fraction of sp³-hybridized carbons (Fsp3) is 0.0588. The van der Waals surface area contributed by atoms with E-state index in [1.54, 1.807) is 36.4 Å². The van der Waals surface area contributed by atoms with E-state index in [9.17, 15) is 0 Å². The van der Waals surface area contributed by atoms with E-state index in [4.69, 9.17) is 37.1 Å². The molecule has 9 heteroatoms. The van der Waals surface area contributed by atoms with Crippen LogP contribution in [0, 0.1) is 0 Å². The summed E-state index contributed by atoms with van der Waals surface area (Å²) >= 11 is 0. The van der Waals surface area contributed by atoms with Crippen molar-refractivity contribution < 1.29 is 14.2 Å². The molecule has 3 rings (SSSR count). The van der Waals surface area contributed by atoms with Crippen LogP contribution in [0.1, 0.15) is 0 Å². The van der Waals surface area contributed by atoms with Gasteiger partial charge in [0.2, 0.25) is 5.75 Å². The highest BCUT2D eigenvalue weighted by Crippen LogP contribution is 2.40. The number of benzene rings is 2. The molecule has 0 amide bonds. The number of nitrogens with zero attached hydrogens (tertiary/aromatic N) is 2. The number of nitrogen functional groups attached to an aromatic ring is 4. The molecule has 0 saturated heterocycles. The third kappa shape index (κ3) is 3.46. The average Bonchev–Trinajstić information content (AvgIpc) is 2.60. The van der Waals surface area contributed by atoms with E-state index in [1.807, 2.05) is 0 Å². The number of hydrogen-bond donors (Lipinski definition) is 4. The van der Waals surface area contributed by atoms with Crippen LogP contribution in [0.25, 0.3) is 0 Å². The summed E-state index contributed by atoms with van der Waals surface area (Å²) in [7, 11) is 1.44. The van der Waals surface area contributed by atoms with E-state index in [1.165, 1.54) is 13.4 Å². The SMILES string of the molecule is COc1c(Oc2ccc(N)cc2N)ncnc1Oc1ccc(N)cc1N. The number of anilines is 4. The third-order valence-corrected chi connectivity index (χ3v) is 3.42. The standard InChI is InChI=1S/C17H18N6O3/c1-24-15-16(25-13-4-2-9(18)6-11(13)20)22-8-23-17(15)26-14-5-3-10(19)7-12(14)21/h2-8H,18-21H2,1H3. The third-order valence-electron chi connectivity index (χ3n) is 3.42. The lowest BCUT2D eigenvalue weighted by atomic mass is 10.2. The molecule has 0 fully saturated rings. The van der Waals surface area contributed by atoms with Crippen molar-refractivity contribution in [3.8, 4) is 29.0 Å². The maximum absolute atomic E-state index is 5.91.